The summed E-state index contributed by atoms with van der Waals surface area (Å²) in [5, 5.41) is 13.7. The van der Waals surface area contributed by atoms with Crippen molar-refractivity contribution in [2.45, 2.75) is 26.7 Å². The van der Waals surface area contributed by atoms with Gasteiger partial charge in [-0.25, -0.2) is 0 Å². The zero-order valence-corrected chi connectivity index (χ0v) is 12.0. The molecule has 0 aliphatic heterocycles. The van der Waals surface area contributed by atoms with E-state index in [9.17, 15) is 14.9 Å². The molecule has 0 radical (unpaired) electrons. The summed E-state index contributed by atoms with van der Waals surface area (Å²) in [5.74, 6) is 0.265. The van der Waals surface area contributed by atoms with Crippen LogP contribution in [0, 0.1) is 16.0 Å². The van der Waals surface area contributed by atoms with Crippen LogP contribution in [0.5, 0.6) is 5.75 Å². The summed E-state index contributed by atoms with van der Waals surface area (Å²) in [7, 11) is 1.36. The Hall–Kier alpha value is -2.11. The first-order valence-electron chi connectivity index (χ1n) is 6.64. The quantitative estimate of drug-likeness (QED) is 0.615. The second-order valence-corrected chi connectivity index (χ2v) is 4.54. The summed E-state index contributed by atoms with van der Waals surface area (Å²) in [6.45, 7) is 4.71. The number of nitrogens with zero attached hydrogens (tertiary/aromatic N) is 1. The molecule has 1 rings (SSSR count). The predicted molar refractivity (Wildman–Crippen MR) is 76.1 cm³/mol. The number of hydrogen-bond acceptors (Lipinski definition) is 4. The molecule has 0 saturated carbocycles. The lowest BCUT2D eigenvalue weighted by molar-refractivity contribution is -0.385. The van der Waals surface area contributed by atoms with Crippen LogP contribution in [0.4, 0.5) is 5.69 Å². The van der Waals surface area contributed by atoms with Crippen LogP contribution < -0.4 is 10.1 Å². The maximum absolute atomic E-state index is 12.0. The first-order valence-corrected chi connectivity index (χ1v) is 6.64. The first kappa shape index (κ1) is 15.9. The Kier molecular flexibility index (Phi) is 5.96. The second-order valence-electron chi connectivity index (χ2n) is 4.54. The van der Waals surface area contributed by atoms with Gasteiger partial charge < -0.3 is 10.1 Å². The highest BCUT2D eigenvalue weighted by Crippen LogP contribution is 2.27. The molecule has 1 N–H and O–H groups in total. The molecule has 0 unspecified atom stereocenters. The molecule has 0 aliphatic carbocycles. The zero-order chi connectivity index (χ0) is 15.1. The van der Waals surface area contributed by atoms with Gasteiger partial charge in [0.1, 0.15) is 0 Å². The van der Waals surface area contributed by atoms with E-state index in [1.165, 1.54) is 25.3 Å². The van der Waals surface area contributed by atoms with Gasteiger partial charge in [0.2, 0.25) is 0 Å². The van der Waals surface area contributed by atoms with Crippen molar-refractivity contribution in [2.24, 2.45) is 5.92 Å². The molecule has 0 heterocycles. The molecule has 6 nitrogen and oxygen atoms in total. The minimum absolute atomic E-state index is 0.145. The summed E-state index contributed by atoms with van der Waals surface area (Å²) in [4.78, 5) is 22.3. The van der Waals surface area contributed by atoms with E-state index in [0.717, 1.165) is 12.8 Å². The smallest absolute Gasteiger partial charge is 0.311 e. The fraction of sp³-hybridized carbons (Fsp3) is 0.500. The molecule has 1 amide bonds. The highest BCUT2D eigenvalue weighted by molar-refractivity contribution is 5.95. The number of ether oxygens (including phenoxy) is 1. The number of hydrogen-bond donors (Lipinski definition) is 1. The fourth-order valence-electron chi connectivity index (χ4n) is 1.89. The van der Waals surface area contributed by atoms with Gasteiger partial charge in [-0.1, -0.05) is 26.7 Å². The maximum atomic E-state index is 12.0. The number of nitrogens with one attached hydrogen (secondary N) is 1. The molecule has 0 atom stereocenters. The van der Waals surface area contributed by atoms with Gasteiger partial charge in [-0.15, -0.1) is 0 Å². The van der Waals surface area contributed by atoms with Gasteiger partial charge >= 0.3 is 5.69 Å². The summed E-state index contributed by atoms with van der Waals surface area (Å²) < 4.78 is 4.90. The summed E-state index contributed by atoms with van der Waals surface area (Å²) in [6, 6.07) is 4.19. The topological polar surface area (TPSA) is 81.5 Å². The average Bonchev–Trinajstić information content (AvgIpc) is 2.47. The number of carbonyl (C=O) groups excluding carboxylic acids is 1. The van der Waals surface area contributed by atoms with Crippen molar-refractivity contribution in [3.05, 3.63) is 33.9 Å². The van der Waals surface area contributed by atoms with Crippen molar-refractivity contribution in [1.82, 2.24) is 5.32 Å². The molecule has 20 heavy (non-hydrogen) atoms. The second kappa shape index (κ2) is 7.47. The highest BCUT2D eigenvalue weighted by atomic mass is 16.6. The van der Waals surface area contributed by atoms with E-state index in [1.807, 2.05) is 0 Å². The van der Waals surface area contributed by atoms with Crippen LogP contribution in [0.2, 0.25) is 0 Å². The van der Waals surface area contributed by atoms with Crippen LogP contribution in [0.15, 0.2) is 18.2 Å². The lowest BCUT2D eigenvalue weighted by Gasteiger charge is -2.13. The molecule has 0 spiro atoms. The number of amides is 1. The minimum atomic E-state index is -0.559. The molecule has 110 valence electrons. The molecule has 0 saturated heterocycles. The SMILES string of the molecule is CCC(CC)CNC(=O)c1ccc(OC)c([N+](=O)[O-])c1. The maximum Gasteiger partial charge on any atom is 0.311 e. The van der Waals surface area contributed by atoms with Crippen LogP contribution >= 0.6 is 0 Å². The summed E-state index contributed by atoms with van der Waals surface area (Å²) in [5.41, 5.74) is 0.0612. The molecule has 6 heteroatoms. The lowest BCUT2D eigenvalue weighted by Crippen LogP contribution is -2.28. The third-order valence-electron chi connectivity index (χ3n) is 3.34. The Morgan fingerprint density at radius 1 is 1.40 bits per heavy atom. The summed E-state index contributed by atoms with van der Waals surface area (Å²) in [6.07, 6.45) is 1.97. The van der Waals surface area contributed by atoms with Gasteiger partial charge in [0.15, 0.2) is 5.75 Å². The predicted octanol–water partition coefficient (Wildman–Crippen LogP) is 2.77. The number of benzene rings is 1. The molecule has 0 aromatic heterocycles. The van der Waals surface area contributed by atoms with E-state index in [4.69, 9.17) is 4.74 Å². The van der Waals surface area contributed by atoms with Crippen LogP contribution in [0.3, 0.4) is 0 Å². The zero-order valence-electron chi connectivity index (χ0n) is 12.0. The fourth-order valence-corrected chi connectivity index (χ4v) is 1.89. The Balaban J connectivity index is 2.83. The highest BCUT2D eigenvalue weighted by Gasteiger charge is 2.18. The van der Waals surface area contributed by atoms with E-state index < -0.39 is 4.92 Å². The molecule has 0 bridgehead atoms. The molecule has 1 aromatic carbocycles. The van der Waals surface area contributed by atoms with Crippen molar-refractivity contribution in [3.8, 4) is 5.75 Å². The van der Waals surface area contributed by atoms with Crippen molar-refractivity contribution < 1.29 is 14.5 Å². The molecular formula is C14H20N2O4. The van der Waals surface area contributed by atoms with Crippen LogP contribution in [0.1, 0.15) is 37.0 Å². The van der Waals surface area contributed by atoms with E-state index >= 15 is 0 Å². The largest absolute Gasteiger partial charge is 0.490 e. The van der Waals surface area contributed by atoms with Gasteiger partial charge in [-0.3, -0.25) is 14.9 Å². The van der Waals surface area contributed by atoms with Gasteiger partial charge in [-0.05, 0) is 18.1 Å². The monoisotopic (exact) mass is 280 g/mol. The lowest BCUT2D eigenvalue weighted by atomic mass is 10.0. The van der Waals surface area contributed by atoms with Gasteiger partial charge in [0.05, 0.1) is 12.0 Å². The van der Waals surface area contributed by atoms with Gasteiger partial charge in [0.25, 0.3) is 5.91 Å². The van der Waals surface area contributed by atoms with Crippen molar-refractivity contribution >= 4 is 11.6 Å². The number of nitro groups is 1. The number of methoxy groups -OCH3 is 1. The Labute approximate surface area is 118 Å². The van der Waals surface area contributed by atoms with Gasteiger partial charge in [0, 0.05) is 18.2 Å². The van der Waals surface area contributed by atoms with Crippen LogP contribution in [-0.4, -0.2) is 24.5 Å². The van der Waals surface area contributed by atoms with Crippen molar-refractivity contribution in [3.63, 3.8) is 0 Å². The minimum Gasteiger partial charge on any atom is -0.490 e. The Morgan fingerprint density at radius 2 is 2.05 bits per heavy atom. The van der Waals surface area contributed by atoms with E-state index in [1.54, 1.807) is 0 Å². The van der Waals surface area contributed by atoms with E-state index in [0.29, 0.717) is 12.5 Å². The first-order chi connectivity index (χ1) is 9.53. The van der Waals surface area contributed by atoms with Crippen LogP contribution in [0.25, 0.3) is 0 Å². The third-order valence-corrected chi connectivity index (χ3v) is 3.34. The molecular weight excluding hydrogens is 260 g/mol. The van der Waals surface area contributed by atoms with Gasteiger partial charge in [-0.2, -0.15) is 0 Å². The standard InChI is InChI=1S/C14H20N2O4/c1-4-10(5-2)9-15-14(17)11-6-7-13(20-3)12(8-11)16(18)19/h6-8,10H,4-5,9H2,1-3H3,(H,15,17). The summed E-state index contributed by atoms with van der Waals surface area (Å²) >= 11 is 0. The van der Waals surface area contributed by atoms with E-state index in [-0.39, 0.29) is 22.9 Å². The Morgan fingerprint density at radius 3 is 2.55 bits per heavy atom. The molecule has 1 aromatic rings. The number of rotatable bonds is 7. The normalized spacial score (nSPS) is 10.4. The number of nitro benzene ring substituents is 1. The average molecular weight is 280 g/mol. The molecule has 0 fully saturated rings. The van der Waals surface area contributed by atoms with E-state index in [2.05, 4.69) is 19.2 Å². The molecule has 0 aliphatic rings. The number of carbonyl (C=O) groups is 1. The van der Waals surface area contributed by atoms with Crippen LogP contribution in [-0.2, 0) is 0 Å². The van der Waals surface area contributed by atoms with Crippen molar-refractivity contribution in [1.29, 1.82) is 0 Å². The third kappa shape index (κ3) is 3.94. The van der Waals surface area contributed by atoms with Crippen molar-refractivity contribution in [2.75, 3.05) is 13.7 Å². The Bertz CT molecular complexity index is 484.